The lowest BCUT2D eigenvalue weighted by atomic mass is 9.95. The van der Waals surface area contributed by atoms with Gasteiger partial charge in [0.05, 0.1) is 52.4 Å². The van der Waals surface area contributed by atoms with Crippen molar-refractivity contribution in [3.63, 3.8) is 0 Å². The molecule has 1 fully saturated rings. The van der Waals surface area contributed by atoms with Gasteiger partial charge in [0, 0.05) is 38.7 Å². The molecule has 2 amide bonds. The van der Waals surface area contributed by atoms with E-state index in [1.54, 1.807) is 45.5 Å². The van der Waals surface area contributed by atoms with Crippen molar-refractivity contribution in [3.8, 4) is 34.1 Å². The summed E-state index contributed by atoms with van der Waals surface area (Å²) in [6, 6.07) is 14.4. The van der Waals surface area contributed by atoms with Crippen LogP contribution in [0.25, 0.3) is 11.1 Å². The van der Waals surface area contributed by atoms with Gasteiger partial charge in [-0.1, -0.05) is 18.2 Å². The molecule has 1 atom stereocenters. The van der Waals surface area contributed by atoms with E-state index in [0.29, 0.717) is 61.8 Å². The molecule has 0 saturated carbocycles. The Balaban J connectivity index is 1.41. The fraction of sp³-hybridized carbons (Fsp3) is 0.382. The van der Waals surface area contributed by atoms with Crippen LogP contribution in [0.3, 0.4) is 0 Å². The maximum Gasteiger partial charge on any atom is 0.241 e. The van der Waals surface area contributed by atoms with Crippen molar-refractivity contribution in [1.82, 2.24) is 10.2 Å². The molecule has 5 rings (SSSR count). The van der Waals surface area contributed by atoms with Gasteiger partial charge in [-0.25, -0.2) is 0 Å². The van der Waals surface area contributed by atoms with E-state index >= 15 is 0 Å². The number of fused-ring (bicyclic) bond motifs is 3. The van der Waals surface area contributed by atoms with Crippen LogP contribution >= 0.6 is 0 Å². The van der Waals surface area contributed by atoms with Gasteiger partial charge in [0.1, 0.15) is 5.75 Å². The van der Waals surface area contributed by atoms with E-state index in [9.17, 15) is 14.4 Å². The van der Waals surface area contributed by atoms with E-state index in [2.05, 4.69) is 15.5 Å². The van der Waals surface area contributed by atoms with E-state index in [0.717, 1.165) is 28.1 Å². The van der Waals surface area contributed by atoms with Gasteiger partial charge >= 0.3 is 0 Å². The predicted octanol–water partition coefficient (Wildman–Crippen LogP) is 3.63. The minimum atomic E-state index is -0.416. The van der Waals surface area contributed by atoms with Crippen molar-refractivity contribution in [1.29, 1.82) is 0 Å². The van der Waals surface area contributed by atoms with Gasteiger partial charge in [-0.05, 0) is 59.9 Å². The first-order valence-electron chi connectivity index (χ1n) is 15.0. The number of hydrogen-bond acceptors (Lipinski definition) is 9. The van der Waals surface area contributed by atoms with Crippen LogP contribution in [0, 0.1) is 0 Å². The maximum absolute atomic E-state index is 13.6. The van der Waals surface area contributed by atoms with Crippen LogP contribution in [-0.2, 0) is 16.0 Å². The van der Waals surface area contributed by atoms with Crippen molar-refractivity contribution < 1.29 is 28.5 Å². The molecular weight excluding hydrogens is 576 g/mol. The Kier molecular flexibility index (Phi) is 9.65. The van der Waals surface area contributed by atoms with Gasteiger partial charge in [-0.3, -0.25) is 14.4 Å². The lowest BCUT2D eigenvalue weighted by Gasteiger charge is -2.36. The highest BCUT2D eigenvalue weighted by Gasteiger charge is 2.30. The number of piperazine rings is 1. The summed E-state index contributed by atoms with van der Waals surface area (Å²) in [4.78, 5) is 43.0. The third-order valence-electron chi connectivity index (χ3n) is 8.40. The summed E-state index contributed by atoms with van der Waals surface area (Å²) in [5.41, 5.74) is 4.09. The molecule has 0 spiro atoms. The van der Waals surface area contributed by atoms with Crippen LogP contribution in [-0.4, -0.2) is 77.9 Å². The Labute approximate surface area is 263 Å². The summed E-state index contributed by atoms with van der Waals surface area (Å²) in [5.74, 6) is 1.95. The van der Waals surface area contributed by atoms with Gasteiger partial charge in [0.15, 0.2) is 11.5 Å². The van der Waals surface area contributed by atoms with E-state index in [1.165, 1.54) is 6.92 Å². The number of anilines is 2. The van der Waals surface area contributed by atoms with Crippen LogP contribution < -0.4 is 39.9 Å². The second kappa shape index (κ2) is 13.8. The van der Waals surface area contributed by atoms with Crippen LogP contribution in [0.5, 0.6) is 23.0 Å². The number of aryl methyl sites for hydroxylation is 1. The zero-order valence-corrected chi connectivity index (χ0v) is 26.4. The molecule has 1 saturated heterocycles. The number of methoxy groups -OCH3 is 4. The number of nitrogens with zero attached hydrogens (tertiary/aromatic N) is 2. The molecule has 0 unspecified atom stereocenters. The smallest absolute Gasteiger partial charge is 0.241 e. The molecule has 0 radical (unpaired) electrons. The lowest BCUT2D eigenvalue weighted by Crippen LogP contribution is -2.50. The monoisotopic (exact) mass is 616 g/mol. The second-order valence-electron chi connectivity index (χ2n) is 11.0. The highest BCUT2D eigenvalue weighted by Crippen LogP contribution is 2.50. The van der Waals surface area contributed by atoms with Gasteiger partial charge in [-0.2, -0.15) is 0 Å². The average molecular weight is 617 g/mol. The van der Waals surface area contributed by atoms with E-state index in [1.807, 2.05) is 36.4 Å². The molecular formula is C34H40N4O7. The molecule has 45 heavy (non-hydrogen) atoms. The largest absolute Gasteiger partial charge is 0.495 e. The number of amides is 2. The SMILES string of the molecule is COc1ccccc1N1CCN(C(=O)CNc2ccc3c(cc2=O)[C@@H](NC(C)=O)CCc2cc(OC)c(OC)c(OC)c2-3)CC1. The number of carbonyl (C=O) groups excluding carboxylic acids is 2. The first-order chi connectivity index (χ1) is 21.8. The van der Waals surface area contributed by atoms with Crippen LogP contribution in [0.2, 0.25) is 0 Å². The molecule has 11 heteroatoms. The molecule has 1 aliphatic heterocycles. The summed E-state index contributed by atoms with van der Waals surface area (Å²) >= 11 is 0. The zero-order valence-electron chi connectivity index (χ0n) is 26.4. The third-order valence-corrected chi connectivity index (χ3v) is 8.40. The normalized spacial score (nSPS) is 15.6. The van der Waals surface area contributed by atoms with Crippen molar-refractivity contribution >= 4 is 23.2 Å². The number of para-hydroxylation sites is 2. The highest BCUT2D eigenvalue weighted by molar-refractivity contribution is 5.84. The molecule has 2 N–H and O–H groups in total. The van der Waals surface area contributed by atoms with Crippen molar-refractivity contribution in [3.05, 3.63) is 69.9 Å². The predicted molar refractivity (Wildman–Crippen MR) is 173 cm³/mol. The number of ether oxygens (including phenoxy) is 4. The Morgan fingerprint density at radius 3 is 2.24 bits per heavy atom. The number of carbonyl (C=O) groups is 2. The maximum atomic E-state index is 13.6. The second-order valence-corrected chi connectivity index (χ2v) is 11.0. The first kappa shape index (κ1) is 31.5. The van der Waals surface area contributed by atoms with Crippen LogP contribution in [0.1, 0.15) is 30.5 Å². The van der Waals surface area contributed by atoms with Crippen molar-refractivity contribution in [2.75, 3.05) is 71.4 Å². The minimum Gasteiger partial charge on any atom is -0.495 e. The highest BCUT2D eigenvalue weighted by atomic mass is 16.5. The standard InChI is InChI=1S/C34H40N4O7/c1-21(39)36-25-12-10-22-18-30(43-3)33(44-4)34(45-5)32(22)23-11-13-26(28(40)19-24(23)25)35-20-31(41)38-16-14-37(15-17-38)27-8-6-7-9-29(27)42-2/h6-9,11,13,18-19,25H,10,12,14-17,20H2,1-5H3,(H,35,40)(H,36,39)/t25-/m0/s1. The molecule has 3 aromatic carbocycles. The molecule has 2 aliphatic rings. The van der Waals surface area contributed by atoms with E-state index < -0.39 is 6.04 Å². The van der Waals surface area contributed by atoms with Gasteiger partial charge in [0.25, 0.3) is 0 Å². The van der Waals surface area contributed by atoms with Gasteiger partial charge < -0.3 is 39.4 Å². The molecule has 11 nitrogen and oxygen atoms in total. The lowest BCUT2D eigenvalue weighted by molar-refractivity contribution is -0.129. The topological polar surface area (TPSA) is 119 Å². The molecule has 238 valence electrons. The molecule has 1 heterocycles. The van der Waals surface area contributed by atoms with E-state index in [-0.39, 0.29) is 29.5 Å². The summed E-state index contributed by atoms with van der Waals surface area (Å²) in [6.07, 6.45) is 1.16. The fourth-order valence-corrected chi connectivity index (χ4v) is 6.22. The number of hydrogen-bond donors (Lipinski definition) is 2. The summed E-state index contributed by atoms with van der Waals surface area (Å²) in [7, 11) is 6.32. The van der Waals surface area contributed by atoms with Gasteiger partial charge in [-0.15, -0.1) is 0 Å². The Hall–Kier alpha value is -4.93. The first-order valence-corrected chi connectivity index (χ1v) is 15.0. The number of rotatable bonds is 9. The third kappa shape index (κ3) is 6.47. The molecule has 0 aromatic heterocycles. The Bertz CT molecular complexity index is 1640. The average Bonchev–Trinajstić information content (AvgIpc) is 3.30. The van der Waals surface area contributed by atoms with E-state index in [4.69, 9.17) is 18.9 Å². The van der Waals surface area contributed by atoms with Crippen LogP contribution in [0.15, 0.2) is 53.3 Å². The zero-order chi connectivity index (χ0) is 32.1. The van der Waals surface area contributed by atoms with Crippen LogP contribution in [0.4, 0.5) is 11.4 Å². The molecule has 3 aromatic rings. The fourth-order valence-electron chi connectivity index (χ4n) is 6.22. The Morgan fingerprint density at radius 2 is 1.58 bits per heavy atom. The number of benzene rings is 2. The summed E-state index contributed by atoms with van der Waals surface area (Å²) < 4.78 is 22.6. The van der Waals surface area contributed by atoms with Gasteiger partial charge in [0.2, 0.25) is 23.0 Å². The summed E-state index contributed by atoms with van der Waals surface area (Å²) in [5, 5.41) is 6.09. The minimum absolute atomic E-state index is 0.0291. The van der Waals surface area contributed by atoms with Crippen molar-refractivity contribution in [2.24, 2.45) is 0 Å². The summed E-state index contributed by atoms with van der Waals surface area (Å²) in [6.45, 7) is 3.89. The quantitative estimate of drug-likeness (QED) is 0.372. The number of nitrogens with one attached hydrogen (secondary N) is 2. The molecule has 0 bridgehead atoms. The van der Waals surface area contributed by atoms with Crippen molar-refractivity contribution in [2.45, 2.75) is 25.8 Å². The Morgan fingerprint density at radius 1 is 0.867 bits per heavy atom. The molecule has 1 aliphatic carbocycles.